The smallest absolute Gasteiger partial charge is 0.258 e. The van der Waals surface area contributed by atoms with Crippen LogP contribution in [0.2, 0.25) is 0 Å². The third-order valence-electron chi connectivity index (χ3n) is 6.18. The van der Waals surface area contributed by atoms with Crippen LogP contribution in [0.15, 0.2) is 47.4 Å². The van der Waals surface area contributed by atoms with Gasteiger partial charge in [0.2, 0.25) is 10.0 Å². The van der Waals surface area contributed by atoms with Gasteiger partial charge in [-0.25, -0.2) is 13.1 Å². The van der Waals surface area contributed by atoms with Crippen LogP contribution in [-0.2, 0) is 21.9 Å². The third-order valence-corrected chi connectivity index (χ3v) is 7.69. The van der Waals surface area contributed by atoms with Crippen LogP contribution in [-0.4, -0.2) is 26.9 Å². The normalized spacial score (nSPS) is 17.4. The van der Waals surface area contributed by atoms with Crippen LogP contribution in [0.4, 0.5) is 5.69 Å². The molecular formula is C24H30N2O3S. The number of hydrogen-bond donors (Lipinski definition) is 1. The van der Waals surface area contributed by atoms with Gasteiger partial charge in [-0.05, 0) is 66.1 Å². The highest BCUT2D eigenvalue weighted by Crippen LogP contribution is 2.32. The summed E-state index contributed by atoms with van der Waals surface area (Å²) >= 11 is 0. The van der Waals surface area contributed by atoms with E-state index in [2.05, 4.69) is 25.5 Å². The molecule has 1 saturated carbocycles. The Hall–Kier alpha value is -2.18. The first kappa shape index (κ1) is 21.1. The van der Waals surface area contributed by atoms with E-state index in [1.54, 1.807) is 23.1 Å². The fourth-order valence-corrected chi connectivity index (χ4v) is 5.71. The lowest BCUT2D eigenvalue weighted by atomic mass is 9.86. The molecule has 2 aromatic carbocycles. The molecule has 0 spiro atoms. The molecular weight excluding hydrogens is 396 g/mol. The molecule has 6 heteroatoms. The Balaban J connectivity index is 1.54. The predicted molar refractivity (Wildman–Crippen MR) is 120 cm³/mol. The Morgan fingerprint density at radius 2 is 1.70 bits per heavy atom. The number of anilines is 1. The molecule has 1 amide bonds. The zero-order valence-corrected chi connectivity index (χ0v) is 18.8. The molecule has 0 atom stereocenters. The number of nitrogens with zero attached hydrogens (tertiary/aromatic N) is 1. The molecule has 4 rings (SSSR count). The van der Waals surface area contributed by atoms with Crippen molar-refractivity contribution in [1.82, 2.24) is 4.72 Å². The predicted octanol–water partition coefficient (Wildman–Crippen LogP) is 4.41. The molecule has 160 valence electrons. The maximum Gasteiger partial charge on any atom is 0.258 e. The lowest BCUT2D eigenvalue weighted by Crippen LogP contribution is -2.32. The SMILES string of the molecule is CC(C)(C)c1ccc(C(=O)N2CCc3cc(S(=O)(=O)NC4CCCC4)ccc32)cc1. The van der Waals surface area contributed by atoms with Crippen molar-refractivity contribution in [2.45, 2.75) is 69.2 Å². The van der Waals surface area contributed by atoms with Gasteiger partial charge < -0.3 is 4.90 Å². The van der Waals surface area contributed by atoms with Crippen LogP contribution in [0.25, 0.3) is 0 Å². The minimum Gasteiger partial charge on any atom is -0.308 e. The van der Waals surface area contributed by atoms with Crippen molar-refractivity contribution in [3.8, 4) is 0 Å². The fraction of sp³-hybridized carbons (Fsp3) is 0.458. The van der Waals surface area contributed by atoms with Gasteiger partial charge in [-0.15, -0.1) is 0 Å². The number of amides is 1. The van der Waals surface area contributed by atoms with Crippen LogP contribution in [0, 0.1) is 0 Å². The zero-order valence-electron chi connectivity index (χ0n) is 17.9. The molecule has 1 heterocycles. The summed E-state index contributed by atoms with van der Waals surface area (Å²) in [4.78, 5) is 15.1. The van der Waals surface area contributed by atoms with Crippen LogP contribution >= 0.6 is 0 Å². The van der Waals surface area contributed by atoms with E-state index in [0.29, 0.717) is 18.5 Å². The summed E-state index contributed by atoms with van der Waals surface area (Å²) in [6.45, 7) is 7.00. The molecule has 1 fully saturated rings. The second kappa shape index (κ2) is 7.82. The van der Waals surface area contributed by atoms with Crippen molar-refractivity contribution in [2.75, 3.05) is 11.4 Å². The Kier molecular flexibility index (Phi) is 5.49. The minimum absolute atomic E-state index is 0.0379. The van der Waals surface area contributed by atoms with E-state index in [9.17, 15) is 13.2 Å². The average Bonchev–Trinajstić information content (AvgIpc) is 3.35. The summed E-state index contributed by atoms with van der Waals surface area (Å²) in [5, 5.41) is 0. The Morgan fingerprint density at radius 3 is 2.33 bits per heavy atom. The monoisotopic (exact) mass is 426 g/mol. The number of fused-ring (bicyclic) bond motifs is 1. The first-order valence-electron chi connectivity index (χ1n) is 10.7. The molecule has 1 aliphatic carbocycles. The van der Waals surface area contributed by atoms with Gasteiger partial charge in [-0.3, -0.25) is 4.79 Å². The van der Waals surface area contributed by atoms with E-state index in [-0.39, 0.29) is 22.3 Å². The lowest BCUT2D eigenvalue weighted by Gasteiger charge is -2.21. The number of hydrogen-bond acceptors (Lipinski definition) is 3. The Labute approximate surface area is 179 Å². The quantitative estimate of drug-likeness (QED) is 0.788. The van der Waals surface area contributed by atoms with Crippen molar-refractivity contribution in [2.24, 2.45) is 0 Å². The number of carbonyl (C=O) groups is 1. The topological polar surface area (TPSA) is 66.5 Å². The second-order valence-electron chi connectivity index (χ2n) is 9.43. The van der Waals surface area contributed by atoms with Crippen molar-refractivity contribution >= 4 is 21.6 Å². The van der Waals surface area contributed by atoms with E-state index in [4.69, 9.17) is 0 Å². The maximum atomic E-state index is 13.1. The van der Waals surface area contributed by atoms with E-state index < -0.39 is 10.0 Å². The van der Waals surface area contributed by atoms with Crippen LogP contribution in [0.1, 0.15) is 67.9 Å². The van der Waals surface area contributed by atoms with Gasteiger partial charge in [0.15, 0.2) is 0 Å². The number of benzene rings is 2. The maximum absolute atomic E-state index is 13.1. The molecule has 1 N–H and O–H groups in total. The number of carbonyl (C=O) groups excluding carboxylic acids is 1. The van der Waals surface area contributed by atoms with Crippen LogP contribution < -0.4 is 9.62 Å². The highest BCUT2D eigenvalue weighted by Gasteiger charge is 2.29. The van der Waals surface area contributed by atoms with Crippen molar-refractivity contribution in [1.29, 1.82) is 0 Å². The van der Waals surface area contributed by atoms with Crippen LogP contribution in [0.3, 0.4) is 0 Å². The van der Waals surface area contributed by atoms with Gasteiger partial charge in [-0.2, -0.15) is 0 Å². The van der Waals surface area contributed by atoms with Gasteiger partial charge in [0.25, 0.3) is 5.91 Å². The van der Waals surface area contributed by atoms with E-state index in [0.717, 1.165) is 36.9 Å². The van der Waals surface area contributed by atoms with Gasteiger partial charge in [0.1, 0.15) is 0 Å². The summed E-state index contributed by atoms with van der Waals surface area (Å²) in [6.07, 6.45) is 4.62. The molecule has 0 radical (unpaired) electrons. The molecule has 0 saturated heterocycles. The molecule has 2 aromatic rings. The van der Waals surface area contributed by atoms with Gasteiger partial charge in [0.05, 0.1) is 4.90 Å². The lowest BCUT2D eigenvalue weighted by molar-refractivity contribution is 0.0989. The molecule has 0 unspecified atom stereocenters. The molecule has 30 heavy (non-hydrogen) atoms. The van der Waals surface area contributed by atoms with Gasteiger partial charge in [-0.1, -0.05) is 45.7 Å². The number of nitrogens with one attached hydrogen (secondary N) is 1. The summed E-state index contributed by atoms with van der Waals surface area (Å²) < 4.78 is 28.3. The molecule has 0 aromatic heterocycles. The summed E-state index contributed by atoms with van der Waals surface area (Å²) in [5.74, 6) is -0.0473. The van der Waals surface area contributed by atoms with Gasteiger partial charge in [0, 0.05) is 23.8 Å². The fourth-order valence-electron chi connectivity index (χ4n) is 4.36. The Morgan fingerprint density at radius 1 is 1.03 bits per heavy atom. The minimum atomic E-state index is -3.53. The second-order valence-corrected chi connectivity index (χ2v) is 11.1. The third kappa shape index (κ3) is 4.16. The highest BCUT2D eigenvalue weighted by atomic mass is 32.2. The summed E-state index contributed by atoms with van der Waals surface area (Å²) in [6, 6.07) is 12.9. The van der Waals surface area contributed by atoms with Crippen LogP contribution in [0.5, 0.6) is 0 Å². The van der Waals surface area contributed by atoms with Crippen molar-refractivity contribution in [3.05, 3.63) is 59.2 Å². The number of sulfonamides is 1. The first-order chi connectivity index (χ1) is 14.1. The molecule has 0 bridgehead atoms. The zero-order chi connectivity index (χ0) is 21.5. The highest BCUT2D eigenvalue weighted by molar-refractivity contribution is 7.89. The summed E-state index contributed by atoms with van der Waals surface area (Å²) in [7, 11) is -3.53. The summed E-state index contributed by atoms with van der Waals surface area (Å²) in [5.41, 5.74) is 3.58. The van der Waals surface area contributed by atoms with E-state index in [1.807, 2.05) is 24.3 Å². The first-order valence-corrected chi connectivity index (χ1v) is 12.2. The van der Waals surface area contributed by atoms with Crippen molar-refractivity contribution in [3.63, 3.8) is 0 Å². The van der Waals surface area contributed by atoms with E-state index in [1.165, 1.54) is 5.56 Å². The standard InChI is InChI=1S/C24H30N2O3S/c1-24(2,3)19-10-8-17(9-11-19)23(27)26-15-14-18-16-21(12-13-22(18)26)30(28,29)25-20-6-4-5-7-20/h8-13,16,20,25H,4-7,14-15H2,1-3H3. The molecule has 2 aliphatic rings. The molecule has 1 aliphatic heterocycles. The number of rotatable bonds is 4. The Bertz CT molecular complexity index is 1050. The van der Waals surface area contributed by atoms with Gasteiger partial charge >= 0.3 is 0 Å². The molecule has 5 nitrogen and oxygen atoms in total. The average molecular weight is 427 g/mol. The van der Waals surface area contributed by atoms with Crippen molar-refractivity contribution < 1.29 is 13.2 Å². The largest absolute Gasteiger partial charge is 0.308 e. The van der Waals surface area contributed by atoms with E-state index >= 15 is 0 Å².